The number of para-hydroxylation sites is 1. The van der Waals surface area contributed by atoms with Crippen LogP contribution >= 0.6 is 0 Å². The van der Waals surface area contributed by atoms with E-state index >= 15 is 0 Å². The summed E-state index contributed by atoms with van der Waals surface area (Å²) in [5.41, 5.74) is 1.07. The SMILES string of the molecule is C=Cc1ccccc1OCCCCC.CCCCC. The fourth-order valence-corrected chi connectivity index (χ4v) is 1.67. The second-order valence-electron chi connectivity index (χ2n) is 4.65. The predicted molar refractivity (Wildman–Crippen MR) is 86.8 cm³/mol. The summed E-state index contributed by atoms with van der Waals surface area (Å²) in [6.45, 7) is 11.2. The van der Waals surface area contributed by atoms with E-state index in [0.717, 1.165) is 24.3 Å². The lowest BCUT2D eigenvalue weighted by molar-refractivity contribution is 0.305. The molecular weight excluding hydrogens is 232 g/mol. The van der Waals surface area contributed by atoms with Crippen LogP contribution in [0.15, 0.2) is 30.8 Å². The molecule has 0 saturated carbocycles. The Balaban J connectivity index is 0.000000555. The summed E-state index contributed by atoms with van der Waals surface area (Å²) in [6.07, 6.45) is 9.49. The Morgan fingerprint density at radius 1 is 0.947 bits per heavy atom. The van der Waals surface area contributed by atoms with Gasteiger partial charge in [0, 0.05) is 5.56 Å². The quantitative estimate of drug-likeness (QED) is 0.515. The van der Waals surface area contributed by atoms with Gasteiger partial charge in [0.1, 0.15) is 5.75 Å². The molecule has 0 aromatic heterocycles. The highest BCUT2D eigenvalue weighted by atomic mass is 16.5. The van der Waals surface area contributed by atoms with Crippen LogP contribution in [-0.4, -0.2) is 6.61 Å². The number of unbranched alkanes of at least 4 members (excludes halogenated alkanes) is 4. The Morgan fingerprint density at radius 2 is 1.58 bits per heavy atom. The second-order valence-corrected chi connectivity index (χ2v) is 4.65. The Hall–Kier alpha value is -1.24. The van der Waals surface area contributed by atoms with Crippen LogP contribution in [0.4, 0.5) is 0 Å². The van der Waals surface area contributed by atoms with Crippen molar-refractivity contribution in [3.63, 3.8) is 0 Å². The van der Waals surface area contributed by atoms with Crippen molar-refractivity contribution in [2.45, 2.75) is 59.3 Å². The first-order valence-electron chi connectivity index (χ1n) is 7.64. The zero-order valence-electron chi connectivity index (χ0n) is 13.0. The molecule has 0 aliphatic rings. The number of hydrogen-bond donors (Lipinski definition) is 0. The summed E-state index contributed by atoms with van der Waals surface area (Å²) in [7, 11) is 0. The molecule has 0 saturated heterocycles. The largest absolute Gasteiger partial charge is 0.493 e. The van der Waals surface area contributed by atoms with Gasteiger partial charge in [0.2, 0.25) is 0 Å². The van der Waals surface area contributed by atoms with Gasteiger partial charge in [-0.25, -0.2) is 0 Å². The third-order valence-corrected chi connectivity index (χ3v) is 2.85. The lowest BCUT2D eigenvalue weighted by atomic mass is 10.2. The monoisotopic (exact) mass is 262 g/mol. The van der Waals surface area contributed by atoms with Gasteiger partial charge >= 0.3 is 0 Å². The van der Waals surface area contributed by atoms with Crippen molar-refractivity contribution >= 4 is 6.08 Å². The first-order chi connectivity index (χ1) is 9.29. The third kappa shape index (κ3) is 9.35. The maximum Gasteiger partial charge on any atom is 0.126 e. The average Bonchev–Trinajstić information content (AvgIpc) is 2.45. The van der Waals surface area contributed by atoms with E-state index < -0.39 is 0 Å². The van der Waals surface area contributed by atoms with Crippen molar-refractivity contribution in [3.05, 3.63) is 36.4 Å². The maximum absolute atomic E-state index is 5.66. The van der Waals surface area contributed by atoms with Gasteiger partial charge in [-0.05, 0) is 12.5 Å². The van der Waals surface area contributed by atoms with Gasteiger partial charge < -0.3 is 4.74 Å². The van der Waals surface area contributed by atoms with E-state index in [1.165, 1.54) is 32.1 Å². The number of benzene rings is 1. The summed E-state index contributed by atoms with van der Waals surface area (Å²) in [4.78, 5) is 0. The fraction of sp³-hybridized carbons (Fsp3) is 0.556. The Labute approximate surface area is 119 Å². The molecule has 0 fully saturated rings. The molecule has 108 valence electrons. The smallest absolute Gasteiger partial charge is 0.126 e. The summed E-state index contributed by atoms with van der Waals surface area (Å²) in [6, 6.07) is 7.99. The average molecular weight is 262 g/mol. The molecule has 0 unspecified atom stereocenters. The van der Waals surface area contributed by atoms with Crippen LogP contribution in [0, 0.1) is 0 Å². The van der Waals surface area contributed by atoms with Crippen molar-refractivity contribution in [1.29, 1.82) is 0 Å². The molecule has 1 aromatic carbocycles. The molecule has 1 nitrogen and oxygen atoms in total. The highest BCUT2D eigenvalue weighted by Crippen LogP contribution is 2.18. The van der Waals surface area contributed by atoms with Crippen LogP contribution in [0.25, 0.3) is 6.08 Å². The van der Waals surface area contributed by atoms with Crippen LogP contribution in [-0.2, 0) is 0 Å². The molecule has 1 heteroatoms. The molecule has 0 amide bonds. The fourth-order valence-electron chi connectivity index (χ4n) is 1.67. The highest BCUT2D eigenvalue weighted by Gasteiger charge is 1.97. The normalized spacial score (nSPS) is 9.42. The lowest BCUT2D eigenvalue weighted by Gasteiger charge is -2.08. The molecule has 0 radical (unpaired) electrons. The predicted octanol–water partition coefficient (Wildman–Crippen LogP) is 6.10. The molecule has 0 atom stereocenters. The molecule has 0 N–H and O–H groups in total. The second kappa shape index (κ2) is 13.2. The van der Waals surface area contributed by atoms with Crippen LogP contribution in [0.3, 0.4) is 0 Å². The minimum atomic E-state index is 0.804. The van der Waals surface area contributed by atoms with E-state index in [4.69, 9.17) is 4.74 Å². The van der Waals surface area contributed by atoms with E-state index in [9.17, 15) is 0 Å². The Morgan fingerprint density at radius 3 is 2.11 bits per heavy atom. The molecule has 0 spiro atoms. The number of ether oxygens (including phenoxy) is 1. The van der Waals surface area contributed by atoms with E-state index in [2.05, 4.69) is 27.4 Å². The topological polar surface area (TPSA) is 9.23 Å². The van der Waals surface area contributed by atoms with Crippen molar-refractivity contribution in [1.82, 2.24) is 0 Å². The zero-order valence-corrected chi connectivity index (χ0v) is 13.0. The number of rotatable bonds is 8. The summed E-state index contributed by atoms with van der Waals surface area (Å²) in [5.74, 6) is 0.943. The molecule has 0 bridgehead atoms. The van der Waals surface area contributed by atoms with Gasteiger partial charge in [-0.2, -0.15) is 0 Å². The molecule has 1 aromatic rings. The molecule has 0 aliphatic heterocycles. The van der Waals surface area contributed by atoms with Gasteiger partial charge in [0.15, 0.2) is 0 Å². The summed E-state index contributed by atoms with van der Waals surface area (Å²) in [5, 5.41) is 0. The molecule has 0 heterocycles. The van der Waals surface area contributed by atoms with Crippen LogP contribution in [0.1, 0.15) is 64.9 Å². The van der Waals surface area contributed by atoms with Crippen molar-refractivity contribution in [3.8, 4) is 5.75 Å². The third-order valence-electron chi connectivity index (χ3n) is 2.85. The molecule has 19 heavy (non-hydrogen) atoms. The van der Waals surface area contributed by atoms with E-state index in [0.29, 0.717) is 0 Å². The van der Waals surface area contributed by atoms with Crippen molar-refractivity contribution < 1.29 is 4.74 Å². The molecule has 0 aliphatic carbocycles. The van der Waals surface area contributed by atoms with Gasteiger partial charge in [-0.15, -0.1) is 0 Å². The van der Waals surface area contributed by atoms with E-state index in [1.54, 1.807) is 0 Å². The maximum atomic E-state index is 5.66. The van der Waals surface area contributed by atoms with Crippen LogP contribution in [0.2, 0.25) is 0 Å². The minimum absolute atomic E-state index is 0.804. The van der Waals surface area contributed by atoms with E-state index in [-0.39, 0.29) is 0 Å². The summed E-state index contributed by atoms with van der Waals surface area (Å²) >= 11 is 0. The lowest BCUT2D eigenvalue weighted by Crippen LogP contribution is -1.98. The zero-order chi connectivity index (χ0) is 14.3. The van der Waals surface area contributed by atoms with Crippen LogP contribution in [0.5, 0.6) is 5.75 Å². The van der Waals surface area contributed by atoms with Gasteiger partial charge in [0.25, 0.3) is 0 Å². The first kappa shape index (κ1) is 17.8. The Bertz CT molecular complexity index is 315. The van der Waals surface area contributed by atoms with Crippen LogP contribution < -0.4 is 4.74 Å². The van der Waals surface area contributed by atoms with Crippen molar-refractivity contribution in [2.75, 3.05) is 6.61 Å². The Kier molecular flexibility index (Phi) is 12.3. The summed E-state index contributed by atoms with van der Waals surface area (Å²) < 4.78 is 5.66. The van der Waals surface area contributed by atoms with Crippen molar-refractivity contribution in [2.24, 2.45) is 0 Å². The molecule has 1 rings (SSSR count). The highest BCUT2D eigenvalue weighted by molar-refractivity contribution is 5.55. The van der Waals surface area contributed by atoms with Gasteiger partial charge in [0.05, 0.1) is 6.61 Å². The minimum Gasteiger partial charge on any atom is -0.493 e. The first-order valence-corrected chi connectivity index (χ1v) is 7.64. The standard InChI is InChI=1S/C13H18O.C5H12/c1-3-5-8-11-14-13-10-7-6-9-12(13)4-2;1-3-5-4-2/h4,6-7,9-10H,2-3,5,8,11H2,1H3;3-5H2,1-2H3. The number of hydrogen-bond acceptors (Lipinski definition) is 1. The van der Waals surface area contributed by atoms with Gasteiger partial charge in [-0.1, -0.05) is 83.7 Å². The van der Waals surface area contributed by atoms with Gasteiger partial charge in [-0.3, -0.25) is 0 Å². The molecular formula is C18H30O. The van der Waals surface area contributed by atoms with E-state index in [1.807, 2.05) is 30.3 Å².